The SMILES string of the molecule is O=C1CC(Cc2nnc(SCC(=O)N3CCCc4ccccc43)n2-c2ccc(F)cc2)NC(=O)N1. The van der Waals surface area contributed by atoms with Gasteiger partial charge in [0.15, 0.2) is 5.16 Å². The summed E-state index contributed by atoms with van der Waals surface area (Å²) in [5, 5.41) is 13.9. The Kier molecular flexibility index (Phi) is 6.49. The van der Waals surface area contributed by atoms with Crippen LogP contribution in [-0.4, -0.2) is 50.9 Å². The number of imide groups is 1. The van der Waals surface area contributed by atoms with Crippen molar-refractivity contribution in [1.82, 2.24) is 25.4 Å². The molecule has 180 valence electrons. The molecule has 2 aliphatic rings. The number of para-hydroxylation sites is 1. The molecule has 1 unspecified atom stereocenters. The Morgan fingerprint density at radius 1 is 1.11 bits per heavy atom. The van der Waals surface area contributed by atoms with E-state index in [2.05, 4.69) is 20.8 Å². The van der Waals surface area contributed by atoms with Crippen molar-refractivity contribution in [3.8, 4) is 5.69 Å². The number of hydrogen-bond donors (Lipinski definition) is 2. The molecule has 11 heteroatoms. The third-order valence-corrected chi connectivity index (χ3v) is 6.88. The number of hydrogen-bond acceptors (Lipinski definition) is 6. The summed E-state index contributed by atoms with van der Waals surface area (Å²) in [5.41, 5.74) is 2.72. The number of anilines is 1. The summed E-state index contributed by atoms with van der Waals surface area (Å²) in [6.45, 7) is 0.662. The summed E-state index contributed by atoms with van der Waals surface area (Å²) >= 11 is 1.24. The van der Waals surface area contributed by atoms with Crippen molar-refractivity contribution in [2.45, 2.75) is 36.9 Å². The highest BCUT2D eigenvalue weighted by atomic mass is 32.2. The van der Waals surface area contributed by atoms with Gasteiger partial charge in [0.25, 0.3) is 0 Å². The highest BCUT2D eigenvalue weighted by molar-refractivity contribution is 7.99. The first kappa shape index (κ1) is 23.0. The summed E-state index contributed by atoms with van der Waals surface area (Å²) in [7, 11) is 0. The van der Waals surface area contributed by atoms with Crippen molar-refractivity contribution in [3.05, 3.63) is 65.7 Å². The molecule has 0 radical (unpaired) electrons. The minimum absolute atomic E-state index is 0.0337. The first-order chi connectivity index (χ1) is 17.0. The second-order valence-electron chi connectivity index (χ2n) is 8.40. The van der Waals surface area contributed by atoms with E-state index in [9.17, 15) is 18.8 Å². The smallest absolute Gasteiger partial charge is 0.321 e. The van der Waals surface area contributed by atoms with E-state index in [1.165, 1.54) is 23.9 Å². The molecule has 9 nitrogen and oxygen atoms in total. The van der Waals surface area contributed by atoms with E-state index in [4.69, 9.17) is 0 Å². The summed E-state index contributed by atoms with van der Waals surface area (Å²) in [4.78, 5) is 38.4. The van der Waals surface area contributed by atoms with Crippen LogP contribution in [0.15, 0.2) is 53.7 Å². The Morgan fingerprint density at radius 2 is 1.91 bits per heavy atom. The van der Waals surface area contributed by atoms with Crippen molar-refractivity contribution in [3.63, 3.8) is 0 Å². The maximum Gasteiger partial charge on any atom is 0.321 e. The van der Waals surface area contributed by atoms with Gasteiger partial charge in [0.05, 0.1) is 5.75 Å². The lowest BCUT2D eigenvalue weighted by Crippen LogP contribution is -2.53. The molecular formula is C24H23FN6O3S. The zero-order valence-electron chi connectivity index (χ0n) is 18.7. The standard InChI is InChI=1S/C24H23FN6O3S/c25-16-7-9-18(10-8-16)31-20(12-17-13-21(32)27-23(34)26-17)28-29-24(31)35-14-22(33)30-11-3-5-15-4-1-2-6-19(15)30/h1-2,4,6-10,17H,3,5,11-14H2,(H2,26,27,32,34). The number of urea groups is 1. The molecule has 1 aromatic heterocycles. The number of aromatic nitrogens is 3. The highest BCUT2D eigenvalue weighted by Gasteiger charge is 2.28. The van der Waals surface area contributed by atoms with Crippen LogP contribution >= 0.6 is 11.8 Å². The molecule has 35 heavy (non-hydrogen) atoms. The molecule has 2 N–H and O–H groups in total. The Labute approximate surface area is 205 Å². The Hall–Kier alpha value is -3.73. The average Bonchev–Trinajstić information content (AvgIpc) is 3.24. The van der Waals surface area contributed by atoms with E-state index in [0.717, 1.165) is 24.1 Å². The molecule has 4 amide bonds. The lowest BCUT2D eigenvalue weighted by atomic mass is 10.0. The van der Waals surface area contributed by atoms with E-state index in [0.29, 0.717) is 23.2 Å². The fourth-order valence-electron chi connectivity index (χ4n) is 4.39. The molecule has 2 aliphatic heterocycles. The van der Waals surface area contributed by atoms with Gasteiger partial charge >= 0.3 is 6.03 Å². The van der Waals surface area contributed by atoms with Crippen LogP contribution in [-0.2, 0) is 22.4 Å². The van der Waals surface area contributed by atoms with Gasteiger partial charge in [0.2, 0.25) is 11.8 Å². The number of benzene rings is 2. The molecule has 5 rings (SSSR count). The number of thioether (sulfide) groups is 1. The highest BCUT2D eigenvalue weighted by Crippen LogP contribution is 2.29. The first-order valence-corrected chi connectivity index (χ1v) is 12.3. The van der Waals surface area contributed by atoms with E-state index >= 15 is 0 Å². The number of halogens is 1. The van der Waals surface area contributed by atoms with Gasteiger partial charge in [-0.1, -0.05) is 30.0 Å². The Bertz CT molecular complexity index is 1260. The summed E-state index contributed by atoms with van der Waals surface area (Å²) in [6.07, 6.45) is 2.21. The van der Waals surface area contributed by atoms with Crippen LogP contribution in [0.5, 0.6) is 0 Å². The molecule has 0 spiro atoms. The minimum Gasteiger partial charge on any atom is -0.334 e. The number of rotatable bonds is 6. The van der Waals surface area contributed by atoms with Crippen molar-refractivity contribution in [2.24, 2.45) is 0 Å². The van der Waals surface area contributed by atoms with Crippen molar-refractivity contribution < 1.29 is 18.8 Å². The van der Waals surface area contributed by atoms with Gasteiger partial charge in [0.1, 0.15) is 11.6 Å². The third kappa shape index (κ3) is 5.04. The molecule has 3 heterocycles. The Morgan fingerprint density at radius 3 is 2.71 bits per heavy atom. The van der Waals surface area contributed by atoms with E-state index in [-0.39, 0.29) is 36.2 Å². The molecule has 0 saturated carbocycles. The van der Waals surface area contributed by atoms with E-state index < -0.39 is 12.1 Å². The largest absolute Gasteiger partial charge is 0.334 e. The maximum absolute atomic E-state index is 13.6. The normalized spacial score (nSPS) is 17.5. The van der Waals surface area contributed by atoms with Crippen molar-refractivity contribution in [1.29, 1.82) is 0 Å². The monoisotopic (exact) mass is 494 g/mol. The summed E-state index contributed by atoms with van der Waals surface area (Å²) in [5.74, 6) is -0.138. The van der Waals surface area contributed by atoms with Crippen molar-refractivity contribution >= 4 is 35.3 Å². The molecule has 0 aliphatic carbocycles. The van der Waals surface area contributed by atoms with Crippen LogP contribution in [0.3, 0.4) is 0 Å². The summed E-state index contributed by atoms with van der Waals surface area (Å²) in [6, 6.07) is 12.8. The number of amides is 4. The zero-order chi connectivity index (χ0) is 24.4. The molecule has 1 atom stereocenters. The van der Waals surface area contributed by atoms with Crippen molar-refractivity contribution in [2.75, 3.05) is 17.2 Å². The van der Waals surface area contributed by atoms with Gasteiger partial charge in [-0.15, -0.1) is 10.2 Å². The maximum atomic E-state index is 13.6. The van der Waals surface area contributed by atoms with E-state index in [1.54, 1.807) is 16.7 Å². The van der Waals surface area contributed by atoms with Gasteiger partial charge in [-0.25, -0.2) is 9.18 Å². The van der Waals surface area contributed by atoms with Crippen LogP contribution in [0, 0.1) is 5.82 Å². The van der Waals surface area contributed by atoms with Crippen LogP contribution in [0.1, 0.15) is 24.2 Å². The van der Waals surface area contributed by atoms with Crippen LogP contribution in [0.4, 0.5) is 14.9 Å². The van der Waals surface area contributed by atoms with Crippen LogP contribution in [0.2, 0.25) is 0 Å². The van der Waals surface area contributed by atoms with E-state index in [1.807, 2.05) is 29.2 Å². The van der Waals surface area contributed by atoms with Gasteiger partial charge in [-0.2, -0.15) is 0 Å². The van der Waals surface area contributed by atoms with Crippen LogP contribution < -0.4 is 15.5 Å². The first-order valence-electron chi connectivity index (χ1n) is 11.3. The predicted octanol–water partition coefficient (Wildman–Crippen LogP) is 2.62. The number of nitrogens with one attached hydrogen (secondary N) is 2. The second kappa shape index (κ2) is 9.87. The lowest BCUT2D eigenvalue weighted by Gasteiger charge is -2.29. The number of fused-ring (bicyclic) bond motifs is 1. The molecule has 2 aromatic carbocycles. The molecule has 3 aromatic rings. The Balaban J connectivity index is 1.38. The predicted molar refractivity (Wildman–Crippen MR) is 128 cm³/mol. The lowest BCUT2D eigenvalue weighted by molar-refractivity contribution is -0.121. The zero-order valence-corrected chi connectivity index (χ0v) is 19.6. The van der Waals surface area contributed by atoms with Crippen LogP contribution in [0.25, 0.3) is 5.69 Å². The minimum atomic E-state index is -0.555. The second-order valence-corrected chi connectivity index (χ2v) is 9.35. The van der Waals surface area contributed by atoms with Gasteiger partial charge in [0, 0.05) is 36.8 Å². The topological polar surface area (TPSA) is 109 Å². The van der Waals surface area contributed by atoms with Gasteiger partial charge in [-0.05, 0) is 48.7 Å². The number of nitrogens with zero attached hydrogens (tertiary/aromatic N) is 4. The third-order valence-electron chi connectivity index (χ3n) is 5.97. The fraction of sp³-hybridized carbons (Fsp3) is 0.292. The number of aryl methyl sites for hydroxylation is 1. The molecule has 0 bridgehead atoms. The molecular weight excluding hydrogens is 471 g/mol. The number of carbonyl (C=O) groups is 3. The fourth-order valence-corrected chi connectivity index (χ4v) is 5.24. The molecule has 1 saturated heterocycles. The van der Waals surface area contributed by atoms with Gasteiger partial charge in [-0.3, -0.25) is 19.5 Å². The summed E-state index contributed by atoms with van der Waals surface area (Å²) < 4.78 is 15.3. The average molecular weight is 495 g/mol. The number of carbonyl (C=O) groups excluding carboxylic acids is 3. The van der Waals surface area contributed by atoms with Gasteiger partial charge < -0.3 is 10.2 Å². The quantitative estimate of drug-likeness (QED) is 0.510. The molecule has 1 fully saturated rings.